The average molecular weight is 255 g/mol. The Morgan fingerprint density at radius 3 is 2.39 bits per heavy atom. The van der Waals surface area contributed by atoms with Crippen molar-refractivity contribution in [1.29, 1.82) is 0 Å². The first-order chi connectivity index (χ1) is 8.61. The maximum absolute atomic E-state index is 13.1. The zero-order valence-corrected chi connectivity index (χ0v) is 9.79. The molecule has 0 radical (unpaired) electrons. The molecule has 2 nitrogen and oxygen atoms in total. The van der Waals surface area contributed by atoms with Gasteiger partial charge in [-0.3, -0.25) is 0 Å². The molecule has 0 amide bonds. The van der Waals surface area contributed by atoms with E-state index in [2.05, 4.69) is 0 Å². The van der Waals surface area contributed by atoms with Gasteiger partial charge in [-0.2, -0.15) is 0 Å². The summed E-state index contributed by atoms with van der Waals surface area (Å²) in [5.41, 5.74) is 0.937. The SMILES string of the molecule is COCCn1ccc(-c2cc(F)c(F)c(F)c2)c1. The second-order valence-electron chi connectivity index (χ2n) is 3.88. The zero-order valence-electron chi connectivity index (χ0n) is 9.79. The maximum Gasteiger partial charge on any atom is 0.194 e. The van der Waals surface area contributed by atoms with Crippen LogP contribution in [-0.2, 0) is 11.3 Å². The Morgan fingerprint density at radius 1 is 1.11 bits per heavy atom. The Balaban J connectivity index is 2.28. The van der Waals surface area contributed by atoms with Gasteiger partial charge in [0.15, 0.2) is 17.5 Å². The number of nitrogens with zero attached hydrogens (tertiary/aromatic N) is 1. The van der Waals surface area contributed by atoms with E-state index in [4.69, 9.17) is 4.74 Å². The van der Waals surface area contributed by atoms with Gasteiger partial charge in [0.25, 0.3) is 0 Å². The van der Waals surface area contributed by atoms with E-state index < -0.39 is 17.5 Å². The number of hydrogen-bond donors (Lipinski definition) is 0. The lowest BCUT2D eigenvalue weighted by Crippen LogP contribution is -2.00. The quantitative estimate of drug-likeness (QED) is 0.765. The largest absolute Gasteiger partial charge is 0.383 e. The molecule has 18 heavy (non-hydrogen) atoms. The van der Waals surface area contributed by atoms with E-state index in [1.165, 1.54) is 0 Å². The third-order valence-electron chi connectivity index (χ3n) is 2.62. The highest BCUT2D eigenvalue weighted by Gasteiger charge is 2.12. The van der Waals surface area contributed by atoms with Gasteiger partial charge in [-0.15, -0.1) is 0 Å². The summed E-state index contributed by atoms with van der Waals surface area (Å²) in [5.74, 6) is -3.82. The fraction of sp³-hybridized carbons (Fsp3) is 0.231. The van der Waals surface area contributed by atoms with Crippen molar-refractivity contribution >= 4 is 0 Å². The van der Waals surface area contributed by atoms with E-state index in [1.807, 2.05) is 4.57 Å². The number of methoxy groups -OCH3 is 1. The molecule has 1 aromatic heterocycles. The molecular weight excluding hydrogens is 243 g/mol. The lowest BCUT2D eigenvalue weighted by atomic mass is 10.1. The van der Waals surface area contributed by atoms with Gasteiger partial charge < -0.3 is 9.30 Å². The summed E-state index contributed by atoms with van der Waals surface area (Å²) in [6.07, 6.45) is 3.50. The summed E-state index contributed by atoms with van der Waals surface area (Å²) in [4.78, 5) is 0. The molecule has 0 saturated heterocycles. The van der Waals surface area contributed by atoms with Crippen LogP contribution < -0.4 is 0 Å². The van der Waals surface area contributed by atoms with E-state index in [1.54, 1.807) is 25.6 Å². The lowest BCUT2D eigenvalue weighted by Gasteiger charge is -2.02. The van der Waals surface area contributed by atoms with Crippen molar-refractivity contribution in [3.63, 3.8) is 0 Å². The molecule has 96 valence electrons. The molecule has 1 heterocycles. The third-order valence-corrected chi connectivity index (χ3v) is 2.62. The van der Waals surface area contributed by atoms with Crippen LogP contribution in [0, 0.1) is 17.5 Å². The van der Waals surface area contributed by atoms with Gasteiger partial charge in [-0.25, -0.2) is 13.2 Å². The van der Waals surface area contributed by atoms with Crippen molar-refractivity contribution < 1.29 is 17.9 Å². The predicted molar refractivity (Wildman–Crippen MR) is 61.6 cm³/mol. The topological polar surface area (TPSA) is 14.2 Å². The van der Waals surface area contributed by atoms with Crippen molar-refractivity contribution in [2.45, 2.75) is 6.54 Å². The van der Waals surface area contributed by atoms with Crippen LogP contribution in [0.1, 0.15) is 0 Å². The van der Waals surface area contributed by atoms with E-state index in [9.17, 15) is 13.2 Å². The molecule has 0 N–H and O–H groups in total. The van der Waals surface area contributed by atoms with Crippen LogP contribution in [0.4, 0.5) is 13.2 Å². The van der Waals surface area contributed by atoms with E-state index in [0.717, 1.165) is 12.1 Å². The molecule has 0 fully saturated rings. The second-order valence-corrected chi connectivity index (χ2v) is 3.88. The highest BCUT2D eigenvalue weighted by molar-refractivity contribution is 5.62. The van der Waals surface area contributed by atoms with Crippen molar-refractivity contribution in [2.75, 3.05) is 13.7 Å². The Kier molecular flexibility index (Phi) is 3.72. The monoisotopic (exact) mass is 255 g/mol. The highest BCUT2D eigenvalue weighted by atomic mass is 19.2. The Bertz CT molecular complexity index is 528. The molecule has 5 heteroatoms. The molecule has 0 spiro atoms. The molecular formula is C13H12F3NO. The average Bonchev–Trinajstić information content (AvgIpc) is 2.81. The van der Waals surface area contributed by atoms with E-state index >= 15 is 0 Å². The van der Waals surface area contributed by atoms with Gasteiger partial charge in [-0.05, 0) is 29.3 Å². The van der Waals surface area contributed by atoms with E-state index in [0.29, 0.717) is 24.3 Å². The smallest absolute Gasteiger partial charge is 0.194 e. The van der Waals surface area contributed by atoms with Crippen molar-refractivity contribution in [2.24, 2.45) is 0 Å². The van der Waals surface area contributed by atoms with Gasteiger partial charge in [-0.1, -0.05) is 0 Å². The summed E-state index contributed by atoms with van der Waals surface area (Å²) in [7, 11) is 1.59. The molecule has 0 bridgehead atoms. The molecule has 1 aromatic carbocycles. The number of aromatic nitrogens is 1. The molecule has 0 saturated carbocycles. The predicted octanol–water partition coefficient (Wildman–Crippen LogP) is 3.22. The summed E-state index contributed by atoms with van der Waals surface area (Å²) < 4.78 is 45.8. The molecule has 0 aliphatic carbocycles. The van der Waals surface area contributed by atoms with Gasteiger partial charge in [0.2, 0.25) is 0 Å². The first kappa shape index (κ1) is 12.7. The number of rotatable bonds is 4. The summed E-state index contributed by atoms with van der Waals surface area (Å²) in [5, 5.41) is 0. The maximum atomic E-state index is 13.1. The van der Waals surface area contributed by atoms with Crippen LogP contribution in [0.25, 0.3) is 11.1 Å². The van der Waals surface area contributed by atoms with Gasteiger partial charge in [0.05, 0.1) is 6.61 Å². The molecule has 0 aliphatic rings. The Morgan fingerprint density at radius 2 is 1.78 bits per heavy atom. The summed E-state index contributed by atoms with van der Waals surface area (Å²) in [6, 6.07) is 3.67. The van der Waals surface area contributed by atoms with Crippen LogP contribution in [0.3, 0.4) is 0 Å². The van der Waals surface area contributed by atoms with Gasteiger partial charge in [0, 0.05) is 26.0 Å². The third kappa shape index (κ3) is 2.56. The summed E-state index contributed by atoms with van der Waals surface area (Å²) >= 11 is 0. The number of benzene rings is 1. The molecule has 0 aliphatic heterocycles. The first-order valence-corrected chi connectivity index (χ1v) is 5.41. The molecule has 2 rings (SSSR count). The first-order valence-electron chi connectivity index (χ1n) is 5.41. The number of hydrogen-bond acceptors (Lipinski definition) is 1. The minimum absolute atomic E-state index is 0.308. The second kappa shape index (κ2) is 5.27. The minimum atomic E-state index is -1.45. The van der Waals surface area contributed by atoms with Crippen LogP contribution in [0.5, 0.6) is 0 Å². The van der Waals surface area contributed by atoms with Crippen molar-refractivity contribution in [3.8, 4) is 11.1 Å². The van der Waals surface area contributed by atoms with Crippen LogP contribution in [0.15, 0.2) is 30.6 Å². The fourth-order valence-electron chi connectivity index (χ4n) is 1.67. The van der Waals surface area contributed by atoms with Gasteiger partial charge in [0.1, 0.15) is 0 Å². The Hall–Kier alpha value is -1.75. The van der Waals surface area contributed by atoms with Crippen LogP contribution in [0.2, 0.25) is 0 Å². The standard InChI is InChI=1S/C13H12F3NO/c1-18-5-4-17-3-2-9(8-17)10-6-11(14)13(16)12(15)7-10/h2-3,6-8H,4-5H2,1H3. The lowest BCUT2D eigenvalue weighted by molar-refractivity contribution is 0.187. The van der Waals surface area contributed by atoms with E-state index in [-0.39, 0.29) is 0 Å². The zero-order chi connectivity index (χ0) is 13.1. The van der Waals surface area contributed by atoms with Crippen LogP contribution in [-0.4, -0.2) is 18.3 Å². The van der Waals surface area contributed by atoms with Crippen LogP contribution >= 0.6 is 0 Å². The Labute approximate surface area is 103 Å². The fourth-order valence-corrected chi connectivity index (χ4v) is 1.67. The summed E-state index contributed by atoms with van der Waals surface area (Å²) in [6.45, 7) is 1.18. The molecule has 0 unspecified atom stereocenters. The number of halogens is 3. The van der Waals surface area contributed by atoms with Gasteiger partial charge >= 0.3 is 0 Å². The number of ether oxygens (including phenoxy) is 1. The molecule has 0 atom stereocenters. The minimum Gasteiger partial charge on any atom is -0.383 e. The highest BCUT2D eigenvalue weighted by Crippen LogP contribution is 2.24. The van der Waals surface area contributed by atoms with Crippen molar-refractivity contribution in [1.82, 2.24) is 4.57 Å². The molecule has 2 aromatic rings. The normalized spacial score (nSPS) is 10.9. The van der Waals surface area contributed by atoms with Crippen molar-refractivity contribution in [3.05, 3.63) is 48.0 Å².